The summed E-state index contributed by atoms with van der Waals surface area (Å²) >= 11 is 0. The normalized spacial score (nSPS) is 17.9. The van der Waals surface area contributed by atoms with Gasteiger partial charge in [-0.05, 0) is 19.9 Å². The van der Waals surface area contributed by atoms with Crippen LogP contribution in [0.3, 0.4) is 0 Å². The lowest BCUT2D eigenvalue weighted by Gasteiger charge is -2.28. The first-order valence-electron chi connectivity index (χ1n) is 6.52. The van der Waals surface area contributed by atoms with E-state index in [0.717, 1.165) is 37.8 Å². The Bertz CT molecular complexity index is 373. The zero-order valence-electron chi connectivity index (χ0n) is 11.2. The molecule has 1 heterocycles. The number of nitrogens with one attached hydrogen (secondary N) is 1. The van der Waals surface area contributed by atoms with Crippen LogP contribution >= 0.6 is 0 Å². The van der Waals surface area contributed by atoms with E-state index in [1.807, 2.05) is 31.4 Å². The Balaban J connectivity index is 1.97. The second-order valence-electron chi connectivity index (χ2n) is 5.21. The van der Waals surface area contributed by atoms with Crippen LogP contribution in [-0.4, -0.2) is 41.3 Å². The number of aliphatic hydroxyl groups is 1. The zero-order valence-corrected chi connectivity index (χ0v) is 11.2. The minimum Gasteiger partial charge on any atom is -0.388 e. The lowest BCUT2D eigenvalue weighted by molar-refractivity contribution is 0.0556. The fourth-order valence-corrected chi connectivity index (χ4v) is 2.54. The highest BCUT2D eigenvalue weighted by atomic mass is 16.3. The number of anilines is 1. The molecule has 0 bridgehead atoms. The molecule has 0 spiro atoms. The predicted octanol–water partition coefficient (Wildman–Crippen LogP) is 0.937. The standard InChI is InChI=1S/C13H22N4O/c1-14-7-11-8-15-12(16-9-11)17(2)10-13(18)5-3-4-6-13/h8-9,14,18H,3-7,10H2,1-2H3. The molecule has 0 aromatic carbocycles. The smallest absolute Gasteiger partial charge is 0.225 e. The molecule has 0 aliphatic heterocycles. The number of rotatable bonds is 5. The third-order valence-corrected chi connectivity index (χ3v) is 3.48. The van der Waals surface area contributed by atoms with Gasteiger partial charge in [0.2, 0.25) is 5.95 Å². The van der Waals surface area contributed by atoms with Crippen molar-refractivity contribution in [3.63, 3.8) is 0 Å². The summed E-state index contributed by atoms with van der Waals surface area (Å²) in [5.74, 6) is 0.676. The molecule has 5 heteroatoms. The average Bonchev–Trinajstić information content (AvgIpc) is 2.77. The molecule has 1 fully saturated rings. The first kappa shape index (κ1) is 13.2. The second-order valence-corrected chi connectivity index (χ2v) is 5.21. The van der Waals surface area contributed by atoms with Gasteiger partial charge >= 0.3 is 0 Å². The van der Waals surface area contributed by atoms with Crippen molar-refractivity contribution >= 4 is 5.95 Å². The van der Waals surface area contributed by atoms with E-state index in [0.29, 0.717) is 12.5 Å². The third-order valence-electron chi connectivity index (χ3n) is 3.48. The van der Waals surface area contributed by atoms with Gasteiger partial charge < -0.3 is 15.3 Å². The molecule has 0 saturated heterocycles. The molecular formula is C13H22N4O. The largest absolute Gasteiger partial charge is 0.388 e. The Hall–Kier alpha value is -1.20. The molecule has 1 aromatic rings. The maximum absolute atomic E-state index is 10.4. The fourth-order valence-electron chi connectivity index (χ4n) is 2.54. The first-order chi connectivity index (χ1) is 8.63. The summed E-state index contributed by atoms with van der Waals surface area (Å²) in [6.07, 6.45) is 7.66. The number of hydrogen-bond acceptors (Lipinski definition) is 5. The van der Waals surface area contributed by atoms with Crippen LogP contribution < -0.4 is 10.2 Å². The van der Waals surface area contributed by atoms with Crippen LogP contribution in [0.25, 0.3) is 0 Å². The van der Waals surface area contributed by atoms with E-state index in [1.54, 1.807) is 0 Å². The Kier molecular flexibility index (Phi) is 4.14. The van der Waals surface area contributed by atoms with Crippen molar-refractivity contribution < 1.29 is 5.11 Å². The SMILES string of the molecule is CNCc1cnc(N(C)CC2(O)CCCC2)nc1. The Labute approximate surface area is 108 Å². The van der Waals surface area contributed by atoms with Gasteiger partial charge in [-0.3, -0.25) is 0 Å². The number of likely N-dealkylation sites (N-methyl/N-ethyl adjacent to an activating group) is 1. The van der Waals surface area contributed by atoms with Crippen molar-refractivity contribution in [2.75, 3.05) is 25.5 Å². The molecule has 2 N–H and O–H groups in total. The van der Waals surface area contributed by atoms with Crippen LogP contribution in [0.15, 0.2) is 12.4 Å². The summed E-state index contributed by atoms with van der Waals surface area (Å²) in [6.45, 7) is 1.38. The summed E-state index contributed by atoms with van der Waals surface area (Å²) in [5, 5.41) is 13.4. The van der Waals surface area contributed by atoms with Crippen molar-refractivity contribution in [3.05, 3.63) is 18.0 Å². The van der Waals surface area contributed by atoms with E-state index < -0.39 is 5.60 Å². The van der Waals surface area contributed by atoms with Gasteiger partial charge in [-0.25, -0.2) is 9.97 Å². The van der Waals surface area contributed by atoms with E-state index in [9.17, 15) is 5.11 Å². The quantitative estimate of drug-likeness (QED) is 0.814. The monoisotopic (exact) mass is 250 g/mol. The minimum atomic E-state index is -0.554. The van der Waals surface area contributed by atoms with E-state index >= 15 is 0 Å². The second kappa shape index (κ2) is 5.63. The summed E-state index contributed by atoms with van der Waals surface area (Å²) in [4.78, 5) is 10.6. The summed E-state index contributed by atoms with van der Waals surface area (Å²) in [7, 11) is 3.83. The summed E-state index contributed by atoms with van der Waals surface area (Å²) in [5.41, 5.74) is 0.510. The molecule has 1 saturated carbocycles. The van der Waals surface area contributed by atoms with Gasteiger partial charge in [0.05, 0.1) is 5.60 Å². The Morgan fingerprint density at radius 2 is 1.94 bits per heavy atom. The average molecular weight is 250 g/mol. The Morgan fingerprint density at radius 1 is 1.33 bits per heavy atom. The Morgan fingerprint density at radius 3 is 2.50 bits per heavy atom. The third kappa shape index (κ3) is 3.17. The lowest BCUT2D eigenvalue weighted by atomic mass is 10.0. The zero-order chi connectivity index (χ0) is 13.0. The molecule has 5 nitrogen and oxygen atoms in total. The van der Waals surface area contributed by atoms with Crippen LogP contribution in [-0.2, 0) is 6.54 Å². The van der Waals surface area contributed by atoms with Gasteiger partial charge in [-0.1, -0.05) is 12.8 Å². The van der Waals surface area contributed by atoms with E-state index in [-0.39, 0.29) is 0 Å². The molecule has 18 heavy (non-hydrogen) atoms. The lowest BCUT2D eigenvalue weighted by Crippen LogP contribution is -2.39. The van der Waals surface area contributed by atoms with Crippen LogP contribution in [0.5, 0.6) is 0 Å². The van der Waals surface area contributed by atoms with Gasteiger partial charge in [0.25, 0.3) is 0 Å². The van der Waals surface area contributed by atoms with Crippen LogP contribution in [0.4, 0.5) is 5.95 Å². The number of aromatic nitrogens is 2. The van der Waals surface area contributed by atoms with E-state index in [1.165, 1.54) is 0 Å². The maximum Gasteiger partial charge on any atom is 0.225 e. The van der Waals surface area contributed by atoms with Crippen molar-refractivity contribution in [1.29, 1.82) is 0 Å². The highest BCUT2D eigenvalue weighted by Gasteiger charge is 2.32. The van der Waals surface area contributed by atoms with Crippen LogP contribution in [0, 0.1) is 0 Å². The minimum absolute atomic E-state index is 0.554. The molecule has 0 atom stereocenters. The molecule has 0 amide bonds. The molecule has 1 aromatic heterocycles. The molecule has 0 radical (unpaired) electrons. The highest BCUT2D eigenvalue weighted by Crippen LogP contribution is 2.30. The van der Waals surface area contributed by atoms with Crippen LogP contribution in [0.1, 0.15) is 31.2 Å². The van der Waals surface area contributed by atoms with Gasteiger partial charge in [-0.2, -0.15) is 0 Å². The van der Waals surface area contributed by atoms with Crippen molar-refractivity contribution in [2.45, 2.75) is 37.8 Å². The topological polar surface area (TPSA) is 61.3 Å². The van der Waals surface area contributed by atoms with E-state index in [4.69, 9.17) is 0 Å². The maximum atomic E-state index is 10.4. The van der Waals surface area contributed by atoms with Gasteiger partial charge in [-0.15, -0.1) is 0 Å². The van der Waals surface area contributed by atoms with Crippen LogP contribution in [0.2, 0.25) is 0 Å². The molecule has 1 aliphatic rings. The van der Waals surface area contributed by atoms with Gasteiger partial charge in [0.15, 0.2) is 0 Å². The van der Waals surface area contributed by atoms with Crippen molar-refractivity contribution in [2.24, 2.45) is 0 Å². The van der Waals surface area contributed by atoms with Gasteiger partial charge in [0.1, 0.15) is 0 Å². The fraction of sp³-hybridized carbons (Fsp3) is 0.692. The van der Waals surface area contributed by atoms with Gasteiger partial charge in [0, 0.05) is 38.1 Å². The molecule has 2 rings (SSSR count). The highest BCUT2D eigenvalue weighted by molar-refractivity contribution is 5.29. The first-order valence-corrected chi connectivity index (χ1v) is 6.52. The van der Waals surface area contributed by atoms with Crippen molar-refractivity contribution in [1.82, 2.24) is 15.3 Å². The number of hydrogen-bond donors (Lipinski definition) is 2. The number of nitrogens with zero attached hydrogens (tertiary/aromatic N) is 3. The molecule has 100 valence electrons. The molecule has 1 aliphatic carbocycles. The molecular weight excluding hydrogens is 228 g/mol. The molecule has 0 unspecified atom stereocenters. The van der Waals surface area contributed by atoms with Crippen molar-refractivity contribution in [3.8, 4) is 0 Å². The van der Waals surface area contributed by atoms with E-state index in [2.05, 4.69) is 15.3 Å². The summed E-state index contributed by atoms with van der Waals surface area (Å²) in [6, 6.07) is 0. The predicted molar refractivity (Wildman–Crippen MR) is 71.5 cm³/mol. The summed E-state index contributed by atoms with van der Waals surface area (Å²) < 4.78 is 0.